The molecule has 0 radical (unpaired) electrons. The van der Waals surface area contributed by atoms with E-state index in [9.17, 15) is 9.59 Å². The predicted octanol–water partition coefficient (Wildman–Crippen LogP) is 3.72. The number of anilines is 1. The van der Waals surface area contributed by atoms with Crippen molar-refractivity contribution >= 4 is 28.4 Å². The van der Waals surface area contributed by atoms with Gasteiger partial charge >= 0.3 is 0 Å². The van der Waals surface area contributed by atoms with Gasteiger partial charge in [-0.25, -0.2) is 9.88 Å². The highest BCUT2D eigenvalue weighted by Crippen LogP contribution is 2.53. The second-order valence-electron chi connectivity index (χ2n) is 8.49. The molecule has 0 bridgehead atoms. The minimum atomic E-state index is -0.467. The van der Waals surface area contributed by atoms with E-state index in [2.05, 4.69) is 21.7 Å². The van der Waals surface area contributed by atoms with Gasteiger partial charge in [0.05, 0.1) is 23.4 Å². The standard InChI is InChI=1S/C25H22N4O2/c1-27-13-12-26-23(27)18-14-17-21(20-16-10-6-7-11-19(16)28(2)22(18)20)25(31)29(24(17)30)15-8-4-3-5-9-15/h3-13,17-18,21H,14H2,1-2H3/t17-,18+,21-/m0/s1. The Labute approximate surface area is 179 Å². The highest BCUT2D eigenvalue weighted by Gasteiger charge is 2.55. The Morgan fingerprint density at radius 1 is 0.935 bits per heavy atom. The van der Waals surface area contributed by atoms with Crippen LogP contribution in [-0.2, 0) is 23.7 Å². The van der Waals surface area contributed by atoms with E-state index in [1.807, 2.05) is 67.3 Å². The average Bonchev–Trinajstić information content (AvgIpc) is 3.42. The van der Waals surface area contributed by atoms with Crippen LogP contribution in [0.15, 0.2) is 67.0 Å². The zero-order valence-corrected chi connectivity index (χ0v) is 17.4. The first-order valence-corrected chi connectivity index (χ1v) is 10.5. The SMILES string of the molecule is Cn1ccnc1[C@@H]1C[C@@H]2C(=O)N(c3ccccc3)C(=O)[C@@H]2c2c1n(C)c1ccccc21. The van der Waals surface area contributed by atoms with Crippen molar-refractivity contribution in [3.05, 3.63) is 84.1 Å². The third kappa shape index (κ3) is 2.36. The molecule has 1 aliphatic heterocycles. The smallest absolute Gasteiger partial charge is 0.242 e. The van der Waals surface area contributed by atoms with Crippen LogP contribution >= 0.6 is 0 Å². The summed E-state index contributed by atoms with van der Waals surface area (Å²) in [5.41, 5.74) is 3.79. The summed E-state index contributed by atoms with van der Waals surface area (Å²) >= 11 is 0. The molecule has 6 heteroatoms. The van der Waals surface area contributed by atoms with Gasteiger partial charge in [-0.1, -0.05) is 36.4 Å². The molecule has 4 aromatic rings. The molecule has 0 saturated carbocycles. The maximum atomic E-state index is 13.7. The van der Waals surface area contributed by atoms with E-state index in [4.69, 9.17) is 0 Å². The molecular formula is C25H22N4O2. The van der Waals surface area contributed by atoms with E-state index in [-0.39, 0.29) is 17.7 Å². The number of carbonyl (C=O) groups is 2. The fourth-order valence-corrected chi connectivity index (χ4v) is 5.62. The number of hydrogen-bond donors (Lipinski definition) is 0. The van der Waals surface area contributed by atoms with Gasteiger partial charge in [-0.05, 0) is 30.2 Å². The number of hydrogen-bond acceptors (Lipinski definition) is 3. The van der Waals surface area contributed by atoms with E-state index >= 15 is 0 Å². The summed E-state index contributed by atoms with van der Waals surface area (Å²) in [5.74, 6) is -0.237. The van der Waals surface area contributed by atoms with Gasteiger partial charge in [-0.15, -0.1) is 0 Å². The summed E-state index contributed by atoms with van der Waals surface area (Å²) in [6.07, 6.45) is 4.30. The Morgan fingerprint density at radius 3 is 2.42 bits per heavy atom. The first-order valence-electron chi connectivity index (χ1n) is 10.5. The minimum absolute atomic E-state index is 0.0545. The number of aryl methyl sites for hydroxylation is 2. The van der Waals surface area contributed by atoms with Crippen LogP contribution in [0.3, 0.4) is 0 Å². The number of aromatic nitrogens is 3. The molecule has 2 aromatic heterocycles. The summed E-state index contributed by atoms with van der Waals surface area (Å²) in [6.45, 7) is 0. The summed E-state index contributed by atoms with van der Waals surface area (Å²) in [4.78, 5) is 33.3. The van der Waals surface area contributed by atoms with Crippen molar-refractivity contribution in [1.29, 1.82) is 0 Å². The van der Waals surface area contributed by atoms with Crippen molar-refractivity contribution < 1.29 is 9.59 Å². The molecule has 1 saturated heterocycles. The summed E-state index contributed by atoms with van der Waals surface area (Å²) in [5, 5.41) is 1.05. The number of fused-ring (bicyclic) bond motifs is 5. The normalized spacial score (nSPS) is 22.8. The molecule has 2 amide bonds. The lowest BCUT2D eigenvalue weighted by Gasteiger charge is -2.30. The molecular weight excluding hydrogens is 388 g/mol. The second kappa shape index (κ2) is 6.41. The monoisotopic (exact) mass is 410 g/mol. The number of amides is 2. The van der Waals surface area contributed by atoms with Gasteiger partial charge in [0.2, 0.25) is 11.8 Å². The predicted molar refractivity (Wildman–Crippen MR) is 118 cm³/mol. The quantitative estimate of drug-likeness (QED) is 0.473. The lowest BCUT2D eigenvalue weighted by atomic mass is 9.73. The van der Waals surface area contributed by atoms with Gasteiger partial charge in [0.25, 0.3) is 0 Å². The van der Waals surface area contributed by atoms with E-state index in [1.165, 1.54) is 4.90 Å². The first kappa shape index (κ1) is 18.1. The maximum Gasteiger partial charge on any atom is 0.242 e. The van der Waals surface area contributed by atoms with Crippen LogP contribution < -0.4 is 4.90 Å². The van der Waals surface area contributed by atoms with Crippen LogP contribution in [0.25, 0.3) is 10.9 Å². The van der Waals surface area contributed by atoms with Crippen molar-refractivity contribution in [2.24, 2.45) is 20.0 Å². The number of benzene rings is 2. The second-order valence-corrected chi connectivity index (χ2v) is 8.49. The zero-order valence-electron chi connectivity index (χ0n) is 17.4. The molecule has 1 aliphatic carbocycles. The Morgan fingerprint density at radius 2 is 1.68 bits per heavy atom. The van der Waals surface area contributed by atoms with Crippen molar-refractivity contribution in [1.82, 2.24) is 14.1 Å². The fraction of sp³-hybridized carbons (Fsp3) is 0.240. The first-order chi connectivity index (χ1) is 15.1. The molecule has 1 fully saturated rings. The minimum Gasteiger partial charge on any atom is -0.347 e. The number of nitrogens with zero attached hydrogens (tertiary/aromatic N) is 4. The Hall–Kier alpha value is -3.67. The molecule has 6 nitrogen and oxygen atoms in total. The summed E-state index contributed by atoms with van der Waals surface area (Å²) in [7, 11) is 4.03. The number of imide groups is 1. The van der Waals surface area contributed by atoms with Gasteiger partial charge < -0.3 is 9.13 Å². The molecule has 0 unspecified atom stereocenters. The molecule has 2 aromatic carbocycles. The molecule has 3 atom stereocenters. The van der Waals surface area contributed by atoms with Crippen molar-refractivity contribution in [3.8, 4) is 0 Å². The molecule has 0 spiro atoms. The molecule has 0 N–H and O–H groups in total. The highest BCUT2D eigenvalue weighted by atomic mass is 16.2. The van der Waals surface area contributed by atoms with E-state index < -0.39 is 11.8 Å². The zero-order chi connectivity index (χ0) is 21.3. The fourth-order valence-electron chi connectivity index (χ4n) is 5.62. The average molecular weight is 410 g/mol. The van der Waals surface area contributed by atoms with Crippen LogP contribution in [0.2, 0.25) is 0 Å². The summed E-state index contributed by atoms with van der Waals surface area (Å²) in [6, 6.07) is 17.4. The molecule has 6 rings (SSSR count). The van der Waals surface area contributed by atoms with Crippen molar-refractivity contribution in [2.45, 2.75) is 18.3 Å². The Balaban J connectivity index is 1.61. The lowest BCUT2D eigenvalue weighted by molar-refractivity contribution is -0.122. The third-order valence-electron chi connectivity index (χ3n) is 6.93. The van der Waals surface area contributed by atoms with Gasteiger partial charge in [0.1, 0.15) is 5.82 Å². The van der Waals surface area contributed by atoms with Gasteiger partial charge in [-0.2, -0.15) is 0 Å². The highest BCUT2D eigenvalue weighted by molar-refractivity contribution is 6.24. The largest absolute Gasteiger partial charge is 0.347 e. The van der Waals surface area contributed by atoms with Crippen LogP contribution in [0.5, 0.6) is 0 Å². The van der Waals surface area contributed by atoms with E-state index in [0.29, 0.717) is 12.1 Å². The van der Waals surface area contributed by atoms with Crippen LogP contribution in [0, 0.1) is 5.92 Å². The van der Waals surface area contributed by atoms with Crippen LogP contribution in [0.1, 0.15) is 35.3 Å². The molecule has 3 heterocycles. The third-order valence-corrected chi connectivity index (χ3v) is 6.93. The maximum absolute atomic E-state index is 13.7. The van der Waals surface area contributed by atoms with Crippen LogP contribution in [0.4, 0.5) is 5.69 Å². The topological polar surface area (TPSA) is 60.1 Å². The Kier molecular flexibility index (Phi) is 3.75. The number of para-hydroxylation sites is 2. The van der Waals surface area contributed by atoms with Crippen molar-refractivity contribution in [3.63, 3.8) is 0 Å². The van der Waals surface area contributed by atoms with E-state index in [1.54, 1.807) is 6.20 Å². The van der Waals surface area contributed by atoms with Gasteiger partial charge in [-0.3, -0.25) is 9.59 Å². The number of rotatable bonds is 2. The summed E-state index contributed by atoms with van der Waals surface area (Å²) < 4.78 is 4.20. The number of carbonyl (C=O) groups excluding carboxylic acids is 2. The lowest BCUT2D eigenvalue weighted by Crippen LogP contribution is -2.30. The molecule has 2 aliphatic rings. The van der Waals surface area contributed by atoms with Gasteiger partial charge in [0.15, 0.2) is 0 Å². The van der Waals surface area contributed by atoms with E-state index in [0.717, 1.165) is 28.0 Å². The van der Waals surface area contributed by atoms with Crippen molar-refractivity contribution in [2.75, 3.05) is 4.90 Å². The van der Waals surface area contributed by atoms with Crippen LogP contribution in [-0.4, -0.2) is 25.9 Å². The Bertz CT molecular complexity index is 1350. The van der Waals surface area contributed by atoms with Gasteiger partial charge in [0, 0.05) is 43.1 Å². The molecule has 154 valence electrons. The molecule has 31 heavy (non-hydrogen) atoms. The number of imidazole rings is 1.